The van der Waals surface area contributed by atoms with Crippen LogP contribution in [0.25, 0.3) is 0 Å². The van der Waals surface area contributed by atoms with E-state index in [1.165, 1.54) is 20.8 Å². The Morgan fingerprint density at radius 2 is 0.689 bits per heavy atom. The van der Waals surface area contributed by atoms with Crippen LogP contribution in [0.15, 0.2) is 0 Å². The zero-order valence-electron chi connectivity index (χ0n) is 24.2. The minimum absolute atomic E-state index is 0.238. The highest BCUT2D eigenvalue weighted by molar-refractivity contribution is 7.47. The van der Waals surface area contributed by atoms with Crippen molar-refractivity contribution in [2.75, 3.05) is 0 Å². The number of phosphoric acid groups is 3. The van der Waals surface area contributed by atoms with Crippen molar-refractivity contribution in [3.05, 3.63) is 0 Å². The number of rotatable bonds is 18. The highest BCUT2D eigenvalue weighted by Crippen LogP contribution is 2.51. The molecule has 24 heteroatoms. The van der Waals surface area contributed by atoms with E-state index in [0.29, 0.717) is 0 Å². The lowest BCUT2D eigenvalue weighted by Gasteiger charge is -2.47. The molecule has 0 heterocycles. The summed E-state index contributed by atoms with van der Waals surface area (Å²) < 4.78 is 65.3. The van der Waals surface area contributed by atoms with Gasteiger partial charge in [-0.25, -0.2) is 13.7 Å². The molecule has 0 spiro atoms. The number of carbonyl (C=O) groups excluding carboxylic acids is 3. The average Bonchev–Trinajstić information content (AvgIpc) is 2.84. The van der Waals surface area contributed by atoms with E-state index in [1.54, 1.807) is 0 Å². The Kier molecular flexibility index (Phi) is 16.4. The lowest BCUT2D eigenvalue weighted by atomic mass is 9.84. The molecule has 0 radical (unpaired) electrons. The third kappa shape index (κ3) is 16.8. The van der Waals surface area contributed by atoms with Crippen molar-refractivity contribution in [3.8, 4) is 0 Å². The molecule has 9 N–H and O–H groups in total. The van der Waals surface area contributed by atoms with Crippen LogP contribution in [0, 0.1) is 0 Å². The largest absolute Gasteiger partial charge is 0.470 e. The van der Waals surface area contributed by atoms with Crippen LogP contribution in [0.4, 0.5) is 0 Å². The Hall–Kier alpha value is -1.38. The molecule has 0 amide bonds. The number of aliphatic hydroxyl groups is 3. The number of aliphatic hydroxyl groups excluding tert-OH is 3. The zero-order chi connectivity index (χ0) is 34.9. The van der Waals surface area contributed by atoms with Gasteiger partial charge in [-0.05, 0) is 40.0 Å². The van der Waals surface area contributed by atoms with Crippen molar-refractivity contribution in [3.63, 3.8) is 0 Å². The second-order valence-electron chi connectivity index (χ2n) is 10.2. The molecule has 0 aliphatic heterocycles. The van der Waals surface area contributed by atoms with E-state index in [1.807, 2.05) is 0 Å². The summed E-state index contributed by atoms with van der Waals surface area (Å²) in [6, 6.07) is 0. The molecule has 3 unspecified atom stereocenters. The van der Waals surface area contributed by atoms with Crippen LogP contribution in [0.2, 0.25) is 0 Å². The topological polar surface area (TPSA) is 340 Å². The van der Waals surface area contributed by atoms with Gasteiger partial charge in [0.05, 0.1) is 18.3 Å². The first-order valence-corrected chi connectivity index (χ1v) is 17.8. The molecule has 1 saturated carbocycles. The van der Waals surface area contributed by atoms with Crippen molar-refractivity contribution in [1.82, 2.24) is 0 Å². The highest BCUT2D eigenvalue weighted by Gasteiger charge is 2.62. The summed E-state index contributed by atoms with van der Waals surface area (Å²) in [7, 11) is -17.4. The quantitative estimate of drug-likeness (QED) is 0.0449. The Labute approximate surface area is 256 Å². The van der Waals surface area contributed by atoms with Crippen LogP contribution >= 0.6 is 23.5 Å². The van der Waals surface area contributed by atoms with E-state index in [-0.39, 0.29) is 19.3 Å². The molecular formula is C21H39O21P3. The van der Waals surface area contributed by atoms with Gasteiger partial charge in [-0.15, -0.1) is 0 Å². The smallest absolute Gasteiger partial charge is 0.455 e. The monoisotopic (exact) mass is 720 g/mol. The molecule has 0 aromatic heterocycles. The number of esters is 3. The highest BCUT2D eigenvalue weighted by atomic mass is 31.2. The normalized spacial score (nSPS) is 26.4. The van der Waals surface area contributed by atoms with Crippen LogP contribution in [0.5, 0.6) is 0 Å². The van der Waals surface area contributed by atoms with Gasteiger partial charge in [0.15, 0.2) is 18.3 Å². The lowest BCUT2D eigenvalue weighted by Crippen LogP contribution is -2.67. The Morgan fingerprint density at radius 3 is 0.889 bits per heavy atom. The summed E-state index contributed by atoms with van der Waals surface area (Å²) in [5.41, 5.74) is 0. The van der Waals surface area contributed by atoms with Crippen LogP contribution in [0.1, 0.15) is 59.3 Å². The lowest BCUT2D eigenvalue weighted by molar-refractivity contribution is -0.241. The van der Waals surface area contributed by atoms with E-state index >= 15 is 0 Å². The average molecular weight is 720 g/mol. The maximum atomic E-state index is 12.8. The second-order valence-corrected chi connectivity index (χ2v) is 13.8. The Morgan fingerprint density at radius 1 is 0.489 bits per heavy atom. The predicted molar refractivity (Wildman–Crippen MR) is 143 cm³/mol. The fourth-order valence-corrected chi connectivity index (χ4v) is 5.64. The minimum Gasteiger partial charge on any atom is -0.455 e. The molecule has 9 atom stereocenters. The molecule has 1 aliphatic rings. The van der Waals surface area contributed by atoms with Gasteiger partial charge in [0.1, 0.15) is 18.3 Å². The first kappa shape index (κ1) is 41.6. The fraction of sp³-hybridized carbons (Fsp3) is 0.857. The maximum absolute atomic E-state index is 12.8. The van der Waals surface area contributed by atoms with Gasteiger partial charge in [-0.1, -0.05) is 0 Å². The summed E-state index contributed by atoms with van der Waals surface area (Å²) in [6.45, 7) is 3.87. The van der Waals surface area contributed by atoms with Crippen molar-refractivity contribution in [2.45, 2.75) is 114 Å². The SMILES string of the molecule is CC(O)CCC(=O)O[C@@H]1[C@@H](OC(=O)CCC(C)O)[C@H](OP(=O)(O)O)[C@@H](OP(=O)(O)O)[C@@H](OP(=O)(O)O)[C@H]1OC(=O)CCC(C)O. The van der Waals surface area contributed by atoms with Crippen LogP contribution in [-0.4, -0.2) is 118 Å². The summed E-state index contributed by atoms with van der Waals surface area (Å²) in [4.78, 5) is 95.8. The van der Waals surface area contributed by atoms with Crippen LogP contribution in [-0.2, 0) is 55.9 Å². The molecule has 0 saturated heterocycles. The number of carbonyl (C=O) groups is 3. The number of phosphoric ester groups is 3. The minimum atomic E-state index is -5.83. The summed E-state index contributed by atoms with van der Waals surface area (Å²) >= 11 is 0. The molecule has 45 heavy (non-hydrogen) atoms. The van der Waals surface area contributed by atoms with Gasteiger partial charge in [-0.2, -0.15) is 0 Å². The van der Waals surface area contributed by atoms with E-state index in [9.17, 15) is 72.8 Å². The number of ether oxygens (including phenoxy) is 3. The fourth-order valence-electron chi connectivity index (χ4n) is 3.97. The van der Waals surface area contributed by atoms with Crippen molar-refractivity contribution >= 4 is 41.4 Å². The van der Waals surface area contributed by atoms with Gasteiger partial charge >= 0.3 is 41.4 Å². The molecule has 1 rings (SSSR count). The van der Waals surface area contributed by atoms with E-state index < -0.39 is 116 Å². The molecule has 264 valence electrons. The summed E-state index contributed by atoms with van der Waals surface area (Å²) in [5, 5.41) is 28.6. The van der Waals surface area contributed by atoms with Crippen molar-refractivity contribution < 1.29 is 101 Å². The predicted octanol–water partition coefficient (Wildman–Crippen LogP) is -1.35. The third-order valence-electron chi connectivity index (χ3n) is 5.82. The van der Waals surface area contributed by atoms with Gasteiger partial charge in [0, 0.05) is 19.3 Å². The Balaban J connectivity index is 3.95. The van der Waals surface area contributed by atoms with Gasteiger partial charge < -0.3 is 58.9 Å². The maximum Gasteiger partial charge on any atom is 0.470 e. The Bertz CT molecular complexity index is 1060. The first-order valence-electron chi connectivity index (χ1n) is 13.2. The van der Waals surface area contributed by atoms with Gasteiger partial charge in [0.2, 0.25) is 0 Å². The van der Waals surface area contributed by atoms with E-state index in [2.05, 4.69) is 13.6 Å². The van der Waals surface area contributed by atoms with Gasteiger partial charge in [-0.3, -0.25) is 28.0 Å². The molecule has 0 aromatic rings. The molecule has 21 nitrogen and oxygen atoms in total. The first-order chi connectivity index (χ1) is 20.4. The number of hydrogen-bond acceptors (Lipinski definition) is 15. The summed E-state index contributed by atoms with van der Waals surface area (Å²) in [5.74, 6) is -3.82. The van der Waals surface area contributed by atoms with Crippen LogP contribution < -0.4 is 0 Å². The molecule has 0 bridgehead atoms. The van der Waals surface area contributed by atoms with Crippen molar-refractivity contribution in [1.29, 1.82) is 0 Å². The summed E-state index contributed by atoms with van der Waals surface area (Å²) in [6.07, 6.45) is -21.0. The molecular weight excluding hydrogens is 681 g/mol. The van der Waals surface area contributed by atoms with Gasteiger partial charge in [0.25, 0.3) is 0 Å². The van der Waals surface area contributed by atoms with Crippen molar-refractivity contribution in [2.24, 2.45) is 0 Å². The number of hydrogen-bond donors (Lipinski definition) is 9. The third-order valence-corrected chi connectivity index (χ3v) is 7.38. The van der Waals surface area contributed by atoms with E-state index in [4.69, 9.17) is 14.2 Å². The zero-order valence-corrected chi connectivity index (χ0v) is 26.9. The van der Waals surface area contributed by atoms with Crippen LogP contribution in [0.3, 0.4) is 0 Å². The molecule has 1 aliphatic carbocycles. The standard InChI is InChI=1S/C21H39O21P3/c1-10(22)4-7-13(25)37-16-17(38-14(26)8-5-11(2)23)19(40-43(28,29)30)21(42-45(34,35)36)20(41-44(31,32)33)18(16)39-15(27)9-6-12(3)24/h10-12,16-24H,4-9H2,1-3H3,(H2,28,29,30)(H2,31,32,33)(H2,34,35,36)/t10?,11?,12?,16-,17-,18+,19-,20-,21-/m0/s1. The van der Waals surface area contributed by atoms with E-state index in [0.717, 1.165) is 0 Å². The molecule has 1 fully saturated rings. The molecule has 0 aromatic carbocycles. The second kappa shape index (κ2) is 17.7.